The largest absolute Gasteiger partial charge is 0.573 e. The molecule has 11 heteroatoms. The lowest BCUT2D eigenvalue weighted by Crippen LogP contribution is -2.22. The summed E-state index contributed by atoms with van der Waals surface area (Å²) in [4.78, 5) is 14.4. The molecule has 0 radical (unpaired) electrons. The number of esters is 1. The number of carbonyl (C=O) groups is 1. The van der Waals surface area contributed by atoms with Gasteiger partial charge < -0.3 is 9.47 Å². The Bertz CT molecular complexity index is 543. The first-order valence-corrected chi connectivity index (χ1v) is 6.24. The summed E-state index contributed by atoms with van der Waals surface area (Å²) in [7, 11) is 0. The average Bonchev–Trinajstić information content (AvgIpc) is 2.28. The SMILES string of the molecule is CCOC(=O)c1cc(OC(F)(F)F)c(C(F)(F)F)nc1I. The second-order valence-electron chi connectivity index (χ2n) is 3.44. The van der Waals surface area contributed by atoms with Gasteiger partial charge in [-0.05, 0) is 35.6 Å². The molecular weight excluding hydrogens is 423 g/mol. The van der Waals surface area contributed by atoms with Crippen molar-refractivity contribution < 1.29 is 40.6 Å². The van der Waals surface area contributed by atoms with E-state index in [0.29, 0.717) is 6.07 Å². The molecule has 0 N–H and O–H groups in total. The van der Waals surface area contributed by atoms with Crippen LogP contribution >= 0.6 is 22.6 Å². The van der Waals surface area contributed by atoms with Gasteiger partial charge in [0.15, 0.2) is 11.4 Å². The summed E-state index contributed by atoms with van der Waals surface area (Å²) in [6.07, 6.45) is -10.5. The molecule has 0 unspecified atom stereocenters. The Morgan fingerprint density at radius 2 is 1.86 bits per heavy atom. The van der Waals surface area contributed by atoms with E-state index in [9.17, 15) is 31.1 Å². The highest BCUT2D eigenvalue weighted by Crippen LogP contribution is 2.38. The molecule has 0 aliphatic rings. The topological polar surface area (TPSA) is 48.4 Å². The van der Waals surface area contributed by atoms with Crippen molar-refractivity contribution >= 4 is 28.6 Å². The Morgan fingerprint density at radius 3 is 2.29 bits per heavy atom. The lowest BCUT2D eigenvalue weighted by Gasteiger charge is -2.16. The van der Waals surface area contributed by atoms with E-state index in [-0.39, 0.29) is 6.61 Å². The van der Waals surface area contributed by atoms with Crippen molar-refractivity contribution in [3.8, 4) is 5.75 Å². The highest BCUT2D eigenvalue weighted by atomic mass is 127. The van der Waals surface area contributed by atoms with Crippen LogP contribution in [0.4, 0.5) is 26.3 Å². The van der Waals surface area contributed by atoms with Crippen LogP contribution < -0.4 is 4.74 Å². The average molecular weight is 429 g/mol. The number of hydrogen-bond donors (Lipinski definition) is 0. The lowest BCUT2D eigenvalue weighted by atomic mass is 10.2. The second-order valence-corrected chi connectivity index (χ2v) is 4.46. The Labute approximate surface area is 127 Å². The highest BCUT2D eigenvalue weighted by Gasteiger charge is 2.42. The quantitative estimate of drug-likeness (QED) is 0.318. The number of pyridine rings is 1. The van der Waals surface area contributed by atoms with Crippen molar-refractivity contribution in [1.82, 2.24) is 4.98 Å². The fourth-order valence-electron chi connectivity index (χ4n) is 1.23. The highest BCUT2D eigenvalue weighted by molar-refractivity contribution is 14.1. The molecule has 118 valence electrons. The van der Waals surface area contributed by atoms with Crippen molar-refractivity contribution in [2.45, 2.75) is 19.5 Å². The van der Waals surface area contributed by atoms with Crippen LogP contribution in [-0.2, 0) is 10.9 Å². The van der Waals surface area contributed by atoms with Crippen molar-refractivity contribution in [1.29, 1.82) is 0 Å². The van der Waals surface area contributed by atoms with E-state index in [1.807, 2.05) is 0 Å². The third-order valence-corrected chi connectivity index (χ3v) is 2.75. The molecular formula is C10H6F6INO3. The van der Waals surface area contributed by atoms with Gasteiger partial charge in [0.05, 0.1) is 12.2 Å². The lowest BCUT2D eigenvalue weighted by molar-refractivity contribution is -0.276. The summed E-state index contributed by atoms with van der Waals surface area (Å²) < 4.78 is 81.8. The van der Waals surface area contributed by atoms with Crippen LogP contribution in [0.3, 0.4) is 0 Å². The minimum Gasteiger partial charge on any atom is -0.462 e. The number of carbonyl (C=O) groups excluding carboxylic acids is 1. The van der Waals surface area contributed by atoms with Crippen LogP contribution in [0.2, 0.25) is 0 Å². The van der Waals surface area contributed by atoms with Crippen LogP contribution in [0, 0.1) is 3.70 Å². The maximum absolute atomic E-state index is 12.7. The summed E-state index contributed by atoms with van der Waals surface area (Å²) in [6.45, 7) is 1.32. The fourth-order valence-corrected chi connectivity index (χ4v) is 1.85. The number of rotatable bonds is 3. The summed E-state index contributed by atoms with van der Waals surface area (Å²) in [5.41, 5.74) is -2.43. The number of aromatic nitrogens is 1. The fraction of sp³-hybridized carbons (Fsp3) is 0.400. The molecule has 0 saturated carbocycles. The standard InChI is InChI=1S/C10H6F6INO3/c1-2-20-8(19)4-3-5(21-10(14,15)16)6(9(11,12)13)18-7(4)17/h3H,2H2,1H3. The molecule has 1 aromatic rings. The summed E-state index contributed by atoms with van der Waals surface area (Å²) in [5.74, 6) is -2.71. The van der Waals surface area contributed by atoms with Gasteiger partial charge in [-0.15, -0.1) is 13.2 Å². The third kappa shape index (κ3) is 4.89. The van der Waals surface area contributed by atoms with E-state index in [0.717, 1.165) is 0 Å². The van der Waals surface area contributed by atoms with Crippen LogP contribution in [0.15, 0.2) is 6.07 Å². The monoisotopic (exact) mass is 429 g/mol. The molecule has 0 saturated heterocycles. The van der Waals surface area contributed by atoms with Gasteiger partial charge in [0.1, 0.15) is 3.70 Å². The van der Waals surface area contributed by atoms with Gasteiger partial charge in [-0.2, -0.15) is 13.2 Å². The predicted octanol–water partition coefficient (Wildman–Crippen LogP) is 3.78. The van der Waals surface area contributed by atoms with Crippen molar-refractivity contribution in [2.75, 3.05) is 6.61 Å². The van der Waals surface area contributed by atoms with E-state index in [2.05, 4.69) is 14.5 Å². The minimum atomic E-state index is -5.36. The molecule has 0 aromatic carbocycles. The maximum Gasteiger partial charge on any atom is 0.573 e. The molecule has 0 atom stereocenters. The Kier molecular flexibility index (Phi) is 5.28. The number of ether oxygens (including phenoxy) is 2. The van der Waals surface area contributed by atoms with E-state index in [1.54, 1.807) is 0 Å². The molecule has 0 aliphatic carbocycles. The number of nitrogens with zero attached hydrogens (tertiary/aromatic N) is 1. The number of hydrogen-bond acceptors (Lipinski definition) is 4. The van der Waals surface area contributed by atoms with Crippen molar-refractivity contribution in [2.24, 2.45) is 0 Å². The molecule has 0 fully saturated rings. The Morgan fingerprint density at radius 1 is 1.29 bits per heavy atom. The normalized spacial score (nSPS) is 12.2. The van der Waals surface area contributed by atoms with Gasteiger partial charge in [-0.1, -0.05) is 0 Å². The zero-order chi connectivity index (χ0) is 16.4. The second kappa shape index (κ2) is 6.23. The molecule has 1 aromatic heterocycles. The first-order chi connectivity index (χ1) is 9.45. The van der Waals surface area contributed by atoms with Gasteiger partial charge in [-0.25, -0.2) is 9.78 Å². The molecule has 0 bridgehead atoms. The van der Waals surface area contributed by atoms with Gasteiger partial charge in [0.2, 0.25) is 0 Å². The van der Waals surface area contributed by atoms with Gasteiger partial charge >= 0.3 is 18.5 Å². The first kappa shape index (κ1) is 17.8. The predicted molar refractivity (Wildman–Crippen MR) is 64.6 cm³/mol. The van der Waals surface area contributed by atoms with E-state index < -0.39 is 39.2 Å². The van der Waals surface area contributed by atoms with E-state index in [1.165, 1.54) is 29.5 Å². The zero-order valence-electron chi connectivity index (χ0n) is 10.1. The summed E-state index contributed by atoms with van der Waals surface area (Å²) in [6, 6.07) is 0.309. The smallest absolute Gasteiger partial charge is 0.462 e. The molecule has 21 heavy (non-hydrogen) atoms. The number of halogens is 7. The summed E-state index contributed by atoms with van der Waals surface area (Å²) >= 11 is 1.29. The van der Waals surface area contributed by atoms with Crippen LogP contribution in [-0.4, -0.2) is 23.9 Å². The van der Waals surface area contributed by atoms with Gasteiger partial charge in [0.25, 0.3) is 0 Å². The maximum atomic E-state index is 12.7. The van der Waals surface area contributed by atoms with Crippen LogP contribution in [0.25, 0.3) is 0 Å². The van der Waals surface area contributed by atoms with Gasteiger partial charge in [0, 0.05) is 0 Å². The molecule has 0 spiro atoms. The first-order valence-electron chi connectivity index (χ1n) is 5.16. The van der Waals surface area contributed by atoms with Crippen LogP contribution in [0.5, 0.6) is 5.75 Å². The molecule has 4 nitrogen and oxygen atoms in total. The number of alkyl halides is 6. The molecule has 1 rings (SSSR count). The Hall–Kier alpha value is -1.27. The summed E-state index contributed by atoms with van der Waals surface area (Å²) in [5, 5.41) is 0. The zero-order valence-corrected chi connectivity index (χ0v) is 12.3. The van der Waals surface area contributed by atoms with Gasteiger partial charge in [-0.3, -0.25) is 0 Å². The minimum absolute atomic E-state index is 0.106. The Balaban J connectivity index is 3.41. The molecule has 1 heterocycles. The van der Waals surface area contributed by atoms with E-state index >= 15 is 0 Å². The van der Waals surface area contributed by atoms with Crippen molar-refractivity contribution in [3.63, 3.8) is 0 Å². The van der Waals surface area contributed by atoms with Crippen molar-refractivity contribution in [3.05, 3.63) is 21.0 Å². The van der Waals surface area contributed by atoms with Crippen LogP contribution in [0.1, 0.15) is 23.0 Å². The van der Waals surface area contributed by atoms with E-state index in [4.69, 9.17) is 0 Å². The third-order valence-electron chi connectivity index (χ3n) is 1.93. The molecule has 0 aliphatic heterocycles. The molecule has 0 amide bonds.